The van der Waals surface area contributed by atoms with Gasteiger partial charge in [0.25, 0.3) is 0 Å². The third kappa shape index (κ3) is 7.88. The van der Waals surface area contributed by atoms with Gasteiger partial charge in [-0.2, -0.15) is 0 Å². The number of carbonyl (C=O) groups excluding carboxylic acids is 2. The highest BCUT2D eigenvalue weighted by Crippen LogP contribution is 2.19. The highest BCUT2D eigenvalue weighted by atomic mass is 35.5. The average molecular weight is 423 g/mol. The van der Waals surface area contributed by atoms with Gasteiger partial charge in [-0.3, -0.25) is 25.6 Å². The minimum Gasteiger partial charge on any atom is -0.436 e. The van der Waals surface area contributed by atoms with E-state index < -0.39 is 5.92 Å². The highest BCUT2D eigenvalue weighted by Gasteiger charge is 2.20. The maximum absolute atomic E-state index is 12.4. The molecule has 1 atom stereocenters. The normalized spacial score (nSPS) is 11.4. The predicted molar refractivity (Wildman–Crippen MR) is 105 cm³/mol. The molecule has 2 aromatic heterocycles. The summed E-state index contributed by atoms with van der Waals surface area (Å²) in [5.74, 6) is 0.0683. The van der Waals surface area contributed by atoms with Crippen LogP contribution in [0.25, 0.3) is 0 Å². The molecular weight excluding hydrogens is 400 g/mol. The van der Waals surface area contributed by atoms with E-state index in [4.69, 9.17) is 16.3 Å². The molecule has 2 rings (SSSR count). The summed E-state index contributed by atoms with van der Waals surface area (Å²) in [7, 11) is 0. The number of carbonyl (C=O) groups is 2. The van der Waals surface area contributed by atoms with Crippen LogP contribution in [0.3, 0.4) is 0 Å². The lowest BCUT2D eigenvalue weighted by Crippen LogP contribution is -2.40. The Balaban J connectivity index is 1.88. The van der Waals surface area contributed by atoms with Gasteiger partial charge in [0.15, 0.2) is 5.82 Å². The van der Waals surface area contributed by atoms with E-state index in [0.717, 1.165) is 19.3 Å². The molecule has 0 aromatic carbocycles. The van der Waals surface area contributed by atoms with Gasteiger partial charge in [-0.05, 0) is 24.6 Å². The largest absolute Gasteiger partial charge is 0.436 e. The van der Waals surface area contributed by atoms with Crippen molar-refractivity contribution in [2.75, 3.05) is 12.0 Å². The molecule has 156 valence electrons. The fourth-order valence-electron chi connectivity index (χ4n) is 2.43. The lowest BCUT2D eigenvalue weighted by molar-refractivity contribution is -0.154. The monoisotopic (exact) mass is 422 g/mol. The maximum Gasteiger partial charge on any atom is 0.243 e. The first kappa shape index (κ1) is 22.3. The number of hydrazine groups is 1. The SMILES string of the molecule is CCCCC[C@@H](CN(O)C=O)C(=O)NNc1ccc(Oc2ccc(Cl)nc2)nn1. The number of nitrogens with one attached hydrogen (secondary N) is 2. The Morgan fingerprint density at radius 3 is 2.76 bits per heavy atom. The van der Waals surface area contributed by atoms with E-state index in [1.807, 2.05) is 0 Å². The van der Waals surface area contributed by atoms with Crippen molar-refractivity contribution in [2.24, 2.45) is 5.92 Å². The zero-order valence-electron chi connectivity index (χ0n) is 15.9. The number of rotatable bonds is 12. The van der Waals surface area contributed by atoms with Crippen molar-refractivity contribution in [3.05, 3.63) is 35.6 Å². The minimum atomic E-state index is -0.558. The average Bonchev–Trinajstić information content (AvgIpc) is 2.74. The molecule has 0 radical (unpaired) electrons. The molecule has 0 saturated heterocycles. The third-order valence-electron chi connectivity index (χ3n) is 3.93. The smallest absolute Gasteiger partial charge is 0.243 e. The van der Waals surface area contributed by atoms with E-state index in [-0.39, 0.29) is 24.7 Å². The van der Waals surface area contributed by atoms with Crippen molar-refractivity contribution < 1.29 is 19.5 Å². The van der Waals surface area contributed by atoms with Crippen LogP contribution in [0, 0.1) is 5.92 Å². The Morgan fingerprint density at radius 2 is 2.14 bits per heavy atom. The van der Waals surface area contributed by atoms with E-state index in [1.165, 1.54) is 6.20 Å². The second-order valence-electron chi connectivity index (χ2n) is 6.21. The summed E-state index contributed by atoms with van der Waals surface area (Å²) in [6, 6.07) is 6.37. The first-order valence-corrected chi connectivity index (χ1v) is 9.49. The fraction of sp³-hybridized carbons (Fsp3) is 0.389. The highest BCUT2D eigenvalue weighted by molar-refractivity contribution is 6.29. The molecule has 11 heteroatoms. The fourth-order valence-corrected chi connectivity index (χ4v) is 2.54. The first-order valence-electron chi connectivity index (χ1n) is 9.11. The number of nitrogens with zero attached hydrogens (tertiary/aromatic N) is 4. The van der Waals surface area contributed by atoms with Crippen LogP contribution in [-0.4, -0.2) is 44.3 Å². The molecule has 2 heterocycles. The summed E-state index contributed by atoms with van der Waals surface area (Å²) in [5.41, 5.74) is 5.18. The van der Waals surface area contributed by atoms with E-state index >= 15 is 0 Å². The van der Waals surface area contributed by atoms with Gasteiger partial charge >= 0.3 is 0 Å². The number of hydroxylamine groups is 2. The van der Waals surface area contributed by atoms with E-state index in [1.54, 1.807) is 24.3 Å². The number of hydrogen-bond acceptors (Lipinski definition) is 8. The summed E-state index contributed by atoms with van der Waals surface area (Å²) in [5, 5.41) is 18.0. The lowest BCUT2D eigenvalue weighted by atomic mass is 10.0. The van der Waals surface area contributed by atoms with Crippen molar-refractivity contribution in [3.63, 3.8) is 0 Å². The predicted octanol–water partition coefficient (Wildman–Crippen LogP) is 2.80. The molecule has 2 amide bonds. The topological polar surface area (TPSA) is 130 Å². The van der Waals surface area contributed by atoms with Gasteiger partial charge in [0.1, 0.15) is 10.9 Å². The Labute approximate surface area is 173 Å². The van der Waals surface area contributed by atoms with Crippen LogP contribution in [0.1, 0.15) is 32.6 Å². The number of unbranched alkanes of at least 4 members (excludes halogenated alkanes) is 2. The number of pyridine rings is 1. The Hall–Kier alpha value is -2.98. The lowest BCUT2D eigenvalue weighted by Gasteiger charge is -2.19. The van der Waals surface area contributed by atoms with E-state index in [0.29, 0.717) is 28.2 Å². The molecule has 0 unspecified atom stereocenters. The van der Waals surface area contributed by atoms with Gasteiger partial charge < -0.3 is 4.74 Å². The van der Waals surface area contributed by atoms with Crippen LogP contribution < -0.4 is 15.6 Å². The molecule has 0 aliphatic heterocycles. The molecule has 2 aromatic rings. The summed E-state index contributed by atoms with van der Waals surface area (Å²) >= 11 is 5.72. The quantitative estimate of drug-likeness (QED) is 0.156. The summed E-state index contributed by atoms with van der Waals surface area (Å²) in [6.45, 7) is 1.96. The molecular formula is C18H23ClN6O4. The second kappa shape index (κ2) is 11.8. The van der Waals surface area contributed by atoms with Crippen molar-refractivity contribution in [1.29, 1.82) is 0 Å². The minimum absolute atomic E-state index is 0.0890. The van der Waals surface area contributed by atoms with Gasteiger partial charge in [0.2, 0.25) is 18.2 Å². The van der Waals surface area contributed by atoms with Gasteiger partial charge in [-0.25, -0.2) is 10.0 Å². The summed E-state index contributed by atoms with van der Waals surface area (Å²) in [4.78, 5) is 26.9. The zero-order valence-corrected chi connectivity index (χ0v) is 16.7. The molecule has 0 aliphatic carbocycles. The molecule has 0 saturated carbocycles. The van der Waals surface area contributed by atoms with Crippen LogP contribution in [0.4, 0.5) is 5.82 Å². The van der Waals surface area contributed by atoms with Crippen LogP contribution in [0.5, 0.6) is 11.6 Å². The first-order chi connectivity index (χ1) is 14.0. The second-order valence-corrected chi connectivity index (χ2v) is 6.60. The van der Waals surface area contributed by atoms with Crippen LogP contribution in [-0.2, 0) is 9.59 Å². The van der Waals surface area contributed by atoms with Crippen molar-refractivity contribution in [3.8, 4) is 11.6 Å². The van der Waals surface area contributed by atoms with Gasteiger partial charge in [-0.1, -0.05) is 37.8 Å². The molecule has 3 N–H and O–H groups in total. The maximum atomic E-state index is 12.4. The number of halogens is 1. The number of aromatic nitrogens is 3. The van der Waals surface area contributed by atoms with Crippen LogP contribution in [0.2, 0.25) is 5.15 Å². The van der Waals surface area contributed by atoms with Crippen molar-refractivity contribution >= 4 is 29.7 Å². The third-order valence-corrected chi connectivity index (χ3v) is 4.16. The molecule has 0 fully saturated rings. The standard InChI is InChI=1S/C18H23ClN6O4/c1-2-3-4-5-13(11-25(28)12-26)18(27)24-22-16-8-9-17(23-21-16)29-14-6-7-15(19)20-10-14/h6-10,12-13,28H,2-5,11H2,1H3,(H,21,22)(H,24,27)/t13-/m0/s1. The summed E-state index contributed by atoms with van der Waals surface area (Å²) in [6.07, 6.45) is 5.04. The van der Waals surface area contributed by atoms with Gasteiger partial charge in [0.05, 0.1) is 18.7 Å². The molecule has 0 spiro atoms. The number of anilines is 1. The van der Waals surface area contributed by atoms with Gasteiger partial charge in [-0.15, -0.1) is 10.2 Å². The van der Waals surface area contributed by atoms with Crippen molar-refractivity contribution in [2.45, 2.75) is 32.6 Å². The van der Waals surface area contributed by atoms with Gasteiger partial charge in [0, 0.05) is 6.07 Å². The van der Waals surface area contributed by atoms with Crippen molar-refractivity contribution in [1.82, 2.24) is 25.7 Å². The molecule has 0 aliphatic rings. The number of amides is 2. The number of hydrogen-bond donors (Lipinski definition) is 3. The Morgan fingerprint density at radius 1 is 1.31 bits per heavy atom. The van der Waals surface area contributed by atoms with E-state index in [2.05, 4.69) is 33.0 Å². The molecule has 0 bridgehead atoms. The molecule has 29 heavy (non-hydrogen) atoms. The number of ether oxygens (including phenoxy) is 1. The Kier molecular flexibility index (Phi) is 9.06. The molecule has 10 nitrogen and oxygen atoms in total. The van der Waals surface area contributed by atoms with Crippen LogP contribution in [0.15, 0.2) is 30.5 Å². The zero-order chi connectivity index (χ0) is 21.1. The van der Waals surface area contributed by atoms with E-state index in [9.17, 15) is 14.8 Å². The van der Waals surface area contributed by atoms with Crippen LogP contribution >= 0.6 is 11.6 Å². The Bertz CT molecular complexity index is 775. The summed E-state index contributed by atoms with van der Waals surface area (Å²) < 4.78 is 5.49.